The smallest absolute Gasteiger partial charge is 0.183 e. The molecule has 2 aromatic heterocycles. The number of nitrogens with zero attached hydrogens (tertiary/aromatic N) is 3. The Balaban J connectivity index is 2.26. The molecule has 18 heavy (non-hydrogen) atoms. The third kappa shape index (κ3) is 1.76. The fourth-order valence-electron chi connectivity index (χ4n) is 1.71. The second-order valence-electron chi connectivity index (χ2n) is 3.77. The van der Waals surface area contributed by atoms with Gasteiger partial charge >= 0.3 is 0 Å². The number of aromatic nitrogens is 4. The molecule has 0 bridgehead atoms. The number of aromatic amines is 1. The third-order valence-electron chi connectivity index (χ3n) is 2.59. The lowest BCUT2D eigenvalue weighted by Gasteiger charge is -2.02. The van der Waals surface area contributed by atoms with Crippen LogP contribution in [0.1, 0.15) is 0 Å². The van der Waals surface area contributed by atoms with Gasteiger partial charge in [0.1, 0.15) is 17.7 Å². The number of hydrogen-bond acceptors (Lipinski definition) is 5. The van der Waals surface area contributed by atoms with E-state index in [9.17, 15) is 0 Å². The van der Waals surface area contributed by atoms with Crippen molar-refractivity contribution < 1.29 is 0 Å². The molecule has 0 amide bonds. The van der Waals surface area contributed by atoms with Crippen molar-refractivity contribution in [3.63, 3.8) is 0 Å². The van der Waals surface area contributed by atoms with Gasteiger partial charge in [-0.3, -0.25) is 0 Å². The molecule has 0 spiro atoms. The van der Waals surface area contributed by atoms with E-state index in [4.69, 9.17) is 11.5 Å². The Bertz CT molecular complexity index is 735. The van der Waals surface area contributed by atoms with Crippen LogP contribution in [0.4, 0.5) is 11.5 Å². The van der Waals surface area contributed by atoms with Gasteiger partial charge in [-0.2, -0.15) is 0 Å². The van der Waals surface area contributed by atoms with Gasteiger partial charge in [0.05, 0.1) is 0 Å². The average Bonchev–Trinajstić information content (AvgIpc) is 2.77. The summed E-state index contributed by atoms with van der Waals surface area (Å²) in [6, 6.07) is 5.74. The first-order valence-corrected chi connectivity index (χ1v) is 6.24. The maximum Gasteiger partial charge on any atom is 0.183 e. The first-order chi connectivity index (χ1) is 8.65. The zero-order valence-electron chi connectivity index (χ0n) is 9.18. The number of nitrogens with two attached hydrogens (primary N) is 2. The van der Waals surface area contributed by atoms with Crippen LogP contribution in [0.3, 0.4) is 0 Å². The molecule has 0 aliphatic rings. The van der Waals surface area contributed by atoms with E-state index >= 15 is 0 Å². The minimum absolute atomic E-state index is 0.378. The molecule has 0 radical (unpaired) electrons. The van der Waals surface area contributed by atoms with Gasteiger partial charge in [0, 0.05) is 14.8 Å². The van der Waals surface area contributed by atoms with Crippen LogP contribution in [0.15, 0.2) is 24.5 Å². The van der Waals surface area contributed by atoms with Gasteiger partial charge in [-0.25, -0.2) is 15.0 Å². The number of nitrogens with one attached hydrogen (secondary N) is 1. The monoisotopic (exact) mass is 352 g/mol. The average molecular weight is 352 g/mol. The molecule has 0 saturated carbocycles. The van der Waals surface area contributed by atoms with E-state index in [-0.39, 0.29) is 0 Å². The minimum Gasteiger partial charge on any atom is -0.398 e. The highest BCUT2D eigenvalue weighted by atomic mass is 127. The first kappa shape index (κ1) is 11.2. The largest absolute Gasteiger partial charge is 0.398 e. The van der Waals surface area contributed by atoms with Crippen LogP contribution in [0.5, 0.6) is 0 Å². The van der Waals surface area contributed by atoms with Crippen LogP contribution >= 0.6 is 22.6 Å². The molecule has 0 aliphatic carbocycles. The maximum atomic E-state index is 5.95. The Kier molecular flexibility index (Phi) is 2.54. The van der Waals surface area contributed by atoms with Gasteiger partial charge in [0.25, 0.3) is 0 Å². The van der Waals surface area contributed by atoms with Crippen molar-refractivity contribution in [3.8, 4) is 11.4 Å². The van der Waals surface area contributed by atoms with E-state index in [0.717, 1.165) is 9.13 Å². The van der Waals surface area contributed by atoms with Crippen molar-refractivity contribution in [1.82, 2.24) is 19.9 Å². The lowest BCUT2D eigenvalue weighted by molar-refractivity contribution is 1.21. The van der Waals surface area contributed by atoms with Crippen LogP contribution in [-0.2, 0) is 0 Å². The van der Waals surface area contributed by atoms with Crippen LogP contribution in [0.25, 0.3) is 22.6 Å². The van der Waals surface area contributed by atoms with E-state index in [1.165, 1.54) is 6.33 Å². The van der Waals surface area contributed by atoms with E-state index in [1.54, 1.807) is 0 Å². The fourth-order valence-corrected chi connectivity index (χ4v) is 2.20. The number of rotatable bonds is 1. The summed E-state index contributed by atoms with van der Waals surface area (Å²) in [7, 11) is 0. The number of halogens is 1. The summed E-state index contributed by atoms with van der Waals surface area (Å²) in [5.74, 6) is 1.02. The summed E-state index contributed by atoms with van der Waals surface area (Å²) in [6.45, 7) is 0. The van der Waals surface area contributed by atoms with E-state index in [1.807, 2.05) is 18.2 Å². The molecule has 90 valence electrons. The SMILES string of the molecule is Nc1ccc(I)cc1-c1nc2ncnc(N)c2[nH]1. The molecule has 0 saturated heterocycles. The summed E-state index contributed by atoms with van der Waals surface area (Å²) in [6.07, 6.45) is 1.39. The quantitative estimate of drug-likeness (QED) is 0.457. The second-order valence-corrected chi connectivity index (χ2v) is 5.02. The van der Waals surface area contributed by atoms with Crippen molar-refractivity contribution in [3.05, 3.63) is 28.1 Å². The standard InChI is InChI=1S/C11H9IN6/c12-5-1-2-7(13)6(3-5)10-17-8-9(14)15-4-16-11(8)18-10/h1-4H,13H2,(H3,14,15,16,17,18). The summed E-state index contributed by atoms with van der Waals surface area (Å²) < 4.78 is 1.08. The van der Waals surface area contributed by atoms with Crippen LogP contribution in [-0.4, -0.2) is 19.9 Å². The normalized spacial score (nSPS) is 10.9. The molecular formula is C11H9IN6. The number of hydrogen-bond donors (Lipinski definition) is 3. The molecule has 0 atom stereocenters. The van der Waals surface area contributed by atoms with Crippen molar-refractivity contribution in [2.45, 2.75) is 0 Å². The highest BCUT2D eigenvalue weighted by Crippen LogP contribution is 2.27. The molecule has 7 heteroatoms. The molecule has 3 rings (SSSR count). The summed E-state index contributed by atoms with van der Waals surface area (Å²) in [5.41, 5.74) is 14.4. The highest BCUT2D eigenvalue weighted by molar-refractivity contribution is 14.1. The van der Waals surface area contributed by atoms with Gasteiger partial charge in [-0.15, -0.1) is 0 Å². The van der Waals surface area contributed by atoms with Crippen molar-refractivity contribution in [2.24, 2.45) is 0 Å². The number of nitrogen functional groups attached to an aromatic ring is 2. The lowest BCUT2D eigenvalue weighted by atomic mass is 10.2. The number of fused-ring (bicyclic) bond motifs is 1. The van der Waals surface area contributed by atoms with E-state index in [2.05, 4.69) is 42.5 Å². The zero-order valence-corrected chi connectivity index (χ0v) is 11.3. The van der Waals surface area contributed by atoms with E-state index in [0.29, 0.717) is 28.5 Å². The summed E-state index contributed by atoms with van der Waals surface area (Å²) in [5, 5.41) is 0. The zero-order chi connectivity index (χ0) is 12.7. The Morgan fingerprint density at radius 2 is 2.00 bits per heavy atom. The highest BCUT2D eigenvalue weighted by Gasteiger charge is 2.11. The van der Waals surface area contributed by atoms with Gasteiger partial charge in [0.15, 0.2) is 11.5 Å². The topological polar surface area (TPSA) is 106 Å². The summed E-state index contributed by atoms with van der Waals surface area (Å²) in [4.78, 5) is 15.5. The van der Waals surface area contributed by atoms with Gasteiger partial charge in [-0.1, -0.05) is 0 Å². The molecule has 0 fully saturated rings. The Hall–Kier alpha value is -1.90. The number of anilines is 2. The second kappa shape index (κ2) is 4.09. The molecule has 0 unspecified atom stereocenters. The van der Waals surface area contributed by atoms with Crippen LogP contribution in [0.2, 0.25) is 0 Å². The third-order valence-corrected chi connectivity index (χ3v) is 3.26. The Morgan fingerprint density at radius 3 is 2.78 bits per heavy atom. The predicted octanol–water partition coefficient (Wildman–Crippen LogP) is 1.79. The van der Waals surface area contributed by atoms with Gasteiger partial charge in [-0.05, 0) is 40.8 Å². The summed E-state index contributed by atoms with van der Waals surface area (Å²) >= 11 is 2.22. The predicted molar refractivity (Wildman–Crippen MR) is 78.7 cm³/mol. The molecular weight excluding hydrogens is 343 g/mol. The Morgan fingerprint density at radius 1 is 1.17 bits per heavy atom. The molecule has 1 aromatic carbocycles. The molecule has 6 nitrogen and oxygen atoms in total. The molecule has 0 aliphatic heterocycles. The van der Waals surface area contributed by atoms with Crippen LogP contribution in [0, 0.1) is 3.57 Å². The Labute approximate surface area is 116 Å². The first-order valence-electron chi connectivity index (χ1n) is 5.17. The van der Waals surface area contributed by atoms with Gasteiger partial charge < -0.3 is 16.5 Å². The van der Waals surface area contributed by atoms with Crippen molar-refractivity contribution in [2.75, 3.05) is 11.5 Å². The minimum atomic E-state index is 0.378. The maximum absolute atomic E-state index is 5.95. The number of H-pyrrole nitrogens is 1. The number of imidazole rings is 1. The van der Waals surface area contributed by atoms with Gasteiger partial charge in [0.2, 0.25) is 0 Å². The molecule has 5 N–H and O–H groups in total. The number of benzene rings is 1. The fraction of sp³-hybridized carbons (Fsp3) is 0. The molecule has 3 aromatic rings. The molecule has 2 heterocycles. The van der Waals surface area contributed by atoms with Crippen molar-refractivity contribution in [1.29, 1.82) is 0 Å². The lowest BCUT2D eigenvalue weighted by Crippen LogP contribution is -1.92. The van der Waals surface area contributed by atoms with Crippen molar-refractivity contribution >= 4 is 45.3 Å². The van der Waals surface area contributed by atoms with E-state index < -0.39 is 0 Å². The van der Waals surface area contributed by atoms with Crippen LogP contribution < -0.4 is 11.5 Å².